The molecule has 4 nitrogen and oxygen atoms in total. The van der Waals surface area contributed by atoms with Crippen LogP contribution in [0.5, 0.6) is 0 Å². The molecule has 2 saturated heterocycles. The van der Waals surface area contributed by atoms with E-state index in [2.05, 4.69) is 16.3 Å². The van der Waals surface area contributed by atoms with Crippen molar-refractivity contribution in [2.45, 2.75) is 49.1 Å². The van der Waals surface area contributed by atoms with Gasteiger partial charge in [0.1, 0.15) is 0 Å². The van der Waals surface area contributed by atoms with Crippen LogP contribution in [0.15, 0.2) is 29.2 Å². The Morgan fingerprint density at radius 3 is 2.92 bits per heavy atom. The van der Waals surface area contributed by atoms with E-state index in [1.165, 1.54) is 25.8 Å². The third-order valence-corrected chi connectivity index (χ3v) is 6.72. The molecule has 0 spiro atoms. The predicted molar refractivity (Wildman–Crippen MR) is 101 cm³/mol. The Morgan fingerprint density at radius 2 is 2.12 bits per heavy atom. The lowest BCUT2D eigenvalue weighted by molar-refractivity contribution is 0.0944. The summed E-state index contributed by atoms with van der Waals surface area (Å²) < 4.78 is 5.70. The number of likely N-dealkylation sites (tertiary alicyclic amines) is 1. The molecule has 1 N–H and O–H groups in total. The molecule has 0 radical (unpaired) electrons. The van der Waals surface area contributed by atoms with Gasteiger partial charge in [-0.1, -0.05) is 12.1 Å². The van der Waals surface area contributed by atoms with Crippen LogP contribution in [-0.2, 0) is 4.74 Å². The van der Waals surface area contributed by atoms with Crippen LogP contribution in [0.25, 0.3) is 0 Å². The summed E-state index contributed by atoms with van der Waals surface area (Å²) in [6.07, 6.45) is 6.59. The minimum Gasteiger partial charge on any atom is -0.377 e. The Labute approximate surface area is 154 Å². The molecular weight excluding hydrogens is 332 g/mol. The molecular formula is C20H28N2O2S. The summed E-state index contributed by atoms with van der Waals surface area (Å²) in [5.74, 6) is 1.61. The fraction of sp³-hybridized carbons (Fsp3) is 0.650. The van der Waals surface area contributed by atoms with Gasteiger partial charge in [-0.3, -0.25) is 4.79 Å². The van der Waals surface area contributed by atoms with Gasteiger partial charge in [-0.15, -0.1) is 11.8 Å². The standard InChI is InChI=1S/C20H28N2O2S/c23-20(21-12-15-9-10-22(13-15)16-7-8-16)18-5-1-2-6-19(18)25-14-17-4-3-11-24-17/h1-2,5-6,15-17H,3-4,7-14H2,(H,21,23)/t15-,17+/m1/s1. The molecule has 3 aliphatic rings. The third-order valence-electron chi connectivity index (χ3n) is 5.51. The van der Waals surface area contributed by atoms with E-state index in [1.54, 1.807) is 11.8 Å². The largest absolute Gasteiger partial charge is 0.377 e. The lowest BCUT2D eigenvalue weighted by Crippen LogP contribution is -2.31. The summed E-state index contributed by atoms with van der Waals surface area (Å²) >= 11 is 1.75. The van der Waals surface area contributed by atoms with Crippen LogP contribution < -0.4 is 5.32 Å². The first-order chi connectivity index (χ1) is 12.3. The van der Waals surface area contributed by atoms with E-state index in [1.807, 2.05) is 18.2 Å². The van der Waals surface area contributed by atoms with Crippen molar-refractivity contribution in [2.75, 3.05) is 32.0 Å². The third kappa shape index (κ3) is 4.57. The number of carbonyl (C=O) groups is 1. The molecule has 0 bridgehead atoms. The van der Waals surface area contributed by atoms with E-state index >= 15 is 0 Å². The number of amides is 1. The number of benzene rings is 1. The van der Waals surface area contributed by atoms with Gasteiger partial charge in [-0.05, 0) is 56.7 Å². The van der Waals surface area contributed by atoms with Crippen molar-refractivity contribution in [3.63, 3.8) is 0 Å². The Bertz CT molecular complexity index is 599. The first-order valence-electron chi connectivity index (χ1n) is 9.65. The number of ether oxygens (including phenoxy) is 1. The van der Waals surface area contributed by atoms with Crippen LogP contribution in [0.3, 0.4) is 0 Å². The summed E-state index contributed by atoms with van der Waals surface area (Å²) in [6, 6.07) is 8.81. The predicted octanol–water partition coefficient (Wildman–Crippen LogP) is 3.17. The highest BCUT2D eigenvalue weighted by molar-refractivity contribution is 7.99. The van der Waals surface area contributed by atoms with Gasteiger partial charge in [0.15, 0.2) is 0 Å². The van der Waals surface area contributed by atoms with Gasteiger partial charge >= 0.3 is 0 Å². The molecule has 0 aromatic heterocycles. The number of hydrogen-bond donors (Lipinski definition) is 1. The molecule has 136 valence electrons. The van der Waals surface area contributed by atoms with E-state index in [0.717, 1.165) is 54.8 Å². The van der Waals surface area contributed by atoms with E-state index in [0.29, 0.717) is 12.0 Å². The van der Waals surface area contributed by atoms with Gasteiger partial charge in [0.25, 0.3) is 5.91 Å². The van der Waals surface area contributed by atoms with Gasteiger partial charge < -0.3 is 15.0 Å². The number of rotatable bonds is 7. The SMILES string of the molecule is O=C(NC[C@H]1CCN(C2CC2)C1)c1ccccc1SC[C@@H]1CCCO1. The van der Waals surface area contributed by atoms with Crippen molar-refractivity contribution in [1.82, 2.24) is 10.2 Å². The van der Waals surface area contributed by atoms with E-state index in [9.17, 15) is 4.79 Å². The topological polar surface area (TPSA) is 41.6 Å². The van der Waals surface area contributed by atoms with Crippen molar-refractivity contribution < 1.29 is 9.53 Å². The fourth-order valence-corrected chi connectivity index (χ4v) is 4.99. The molecule has 1 aromatic rings. The average molecular weight is 361 g/mol. The summed E-state index contributed by atoms with van der Waals surface area (Å²) in [5.41, 5.74) is 0.808. The maximum absolute atomic E-state index is 12.7. The molecule has 2 aliphatic heterocycles. The van der Waals surface area contributed by atoms with E-state index < -0.39 is 0 Å². The second-order valence-electron chi connectivity index (χ2n) is 7.53. The van der Waals surface area contributed by atoms with Gasteiger partial charge in [0.05, 0.1) is 11.7 Å². The lowest BCUT2D eigenvalue weighted by atomic mass is 10.1. The number of carbonyl (C=O) groups excluding carboxylic acids is 1. The molecule has 1 amide bonds. The molecule has 3 fully saturated rings. The summed E-state index contributed by atoms with van der Waals surface area (Å²) in [6.45, 7) is 4.04. The van der Waals surface area contributed by atoms with Gasteiger partial charge in [0.2, 0.25) is 0 Å². The fourth-order valence-electron chi connectivity index (χ4n) is 3.87. The average Bonchev–Trinajstić information content (AvgIpc) is 3.16. The van der Waals surface area contributed by atoms with Crippen molar-refractivity contribution in [3.05, 3.63) is 29.8 Å². The van der Waals surface area contributed by atoms with Gasteiger partial charge in [-0.25, -0.2) is 0 Å². The Kier molecular flexibility index (Phi) is 5.63. The van der Waals surface area contributed by atoms with Crippen LogP contribution in [0.1, 0.15) is 42.5 Å². The highest BCUT2D eigenvalue weighted by atomic mass is 32.2. The maximum atomic E-state index is 12.7. The number of hydrogen-bond acceptors (Lipinski definition) is 4. The smallest absolute Gasteiger partial charge is 0.252 e. The quantitative estimate of drug-likeness (QED) is 0.759. The van der Waals surface area contributed by atoms with Crippen LogP contribution >= 0.6 is 11.8 Å². The number of nitrogens with one attached hydrogen (secondary N) is 1. The Hall–Kier alpha value is -1.04. The van der Waals surface area contributed by atoms with Crippen LogP contribution in [-0.4, -0.2) is 54.9 Å². The Morgan fingerprint density at radius 1 is 1.24 bits per heavy atom. The zero-order chi connectivity index (χ0) is 17.1. The van der Waals surface area contributed by atoms with Crippen LogP contribution in [0.4, 0.5) is 0 Å². The van der Waals surface area contributed by atoms with Crippen molar-refractivity contribution >= 4 is 17.7 Å². The first kappa shape index (κ1) is 17.4. The van der Waals surface area contributed by atoms with E-state index in [4.69, 9.17) is 4.74 Å². The van der Waals surface area contributed by atoms with Crippen LogP contribution in [0.2, 0.25) is 0 Å². The monoisotopic (exact) mass is 360 g/mol. The second-order valence-corrected chi connectivity index (χ2v) is 8.59. The molecule has 1 saturated carbocycles. The van der Waals surface area contributed by atoms with Crippen LogP contribution in [0, 0.1) is 5.92 Å². The second kappa shape index (κ2) is 8.11. The molecule has 25 heavy (non-hydrogen) atoms. The van der Waals surface area contributed by atoms with Crippen molar-refractivity contribution in [3.8, 4) is 0 Å². The number of nitrogens with zero attached hydrogens (tertiary/aromatic N) is 1. The molecule has 5 heteroatoms. The highest BCUT2D eigenvalue weighted by Crippen LogP contribution is 2.31. The number of thioether (sulfide) groups is 1. The lowest BCUT2D eigenvalue weighted by Gasteiger charge is -2.16. The highest BCUT2D eigenvalue weighted by Gasteiger charge is 2.34. The molecule has 0 unspecified atom stereocenters. The molecule has 1 aliphatic carbocycles. The van der Waals surface area contributed by atoms with E-state index in [-0.39, 0.29) is 5.91 Å². The first-order valence-corrected chi connectivity index (χ1v) is 10.6. The Balaban J connectivity index is 1.28. The normalized spacial score (nSPS) is 26.9. The van der Waals surface area contributed by atoms with Crippen molar-refractivity contribution in [2.24, 2.45) is 5.92 Å². The maximum Gasteiger partial charge on any atom is 0.252 e. The minimum atomic E-state index is 0.0697. The molecule has 2 heterocycles. The zero-order valence-corrected chi connectivity index (χ0v) is 15.6. The van der Waals surface area contributed by atoms with Gasteiger partial charge in [0, 0.05) is 36.4 Å². The zero-order valence-electron chi connectivity index (χ0n) is 14.8. The summed E-state index contributed by atoms with van der Waals surface area (Å²) in [7, 11) is 0. The van der Waals surface area contributed by atoms with Gasteiger partial charge in [-0.2, -0.15) is 0 Å². The summed E-state index contributed by atoms with van der Waals surface area (Å²) in [5, 5.41) is 3.18. The molecule has 2 atom stereocenters. The van der Waals surface area contributed by atoms with Crippen molar-refractivity contribution in [1.29, 1.82) is 0 Å². The minimum absolute atomic E-state index is 0.0697. The summed E-state index contributed by atoms with van der Waals surface area (Å²) in [4.78, 5) is 16.3. The molecule has 1 aromatic carbocycles. The molecule has 4 rings (SSSR count).